The van der Waals surface area contributed by atoms with Gasteiger partial charge in [0.15, 0.2) is 0 Å². The zero-order chi connectivity index (χ0) is 14.1. The van der Waals surface area contributed by atoms with Gasteiger partial charge in [0.25, 0.3) is 0 Å². The Hall–Kier alpha value is -2.56. The van der Waals surface area contributed by atoms with Crippen LogP contribution in [0.25, 0.3) is 16.6 Å². The van der Waals surface area contributed by atoms with Crippen LogP contribution in [-0.4, -0.2) is 20.9 Å². The fraction of sp³-hybridized carbons (Fsp3) is 0.200. The molecule has 0 aliphatic carbocycles. The quantitative estimate of drug-likeness (QED) is 0.742. The molecule has 0 bridgehead atoms. The van der Waals surface area contributed by atoms with E-state index in [0.29, 0.717) is 5.69 Å². The molecule has 0 spiro atoms. The Morgan fingerprint density at radius 3 is 2.80 bits per heavy atom. The van der Waals surface area contributed by atoms with Gasteiger partial charge in [0, 0.05) is 17.1 Å². The maximum Gasteiger partial charge on any atom is 0.140 e. The van der Waals surface area contributed by atoms with Crippen LogP contribution in [0.15, 0.2) is 42.9 Å². The lowest BCUT2D eigenvalue weighted by atomic mass is 10.2. The number of ether oxygens (including phenoxy) is 1. The molecule has 5 nitrogen and oxygen atoms in total. The van der Waals surface area contributed by atoms with Crippen molar-refractivity contribution in [2.45, 2.75) is 20.0 Å². The predicted molar refractivity (Wildman–Crippen MR) is 79.0 cm³/mol. The van der Waals surface area contributed by atoms with E-state index in [1.165, 1.54) is 0 Å². The summed E-state index contributed by atoms with van der Waals surface area (Å²) in [4.78, 5) is 4.21. The number of fused-ring (bicyclic) bond motifs is 1. The lowest BCUT2D eigenvalue weighted by molar-refractivity contribution is 0.241. The summed E-state index contributed by atoms with van der Waals surface area (Å²) >= 11 is 0. The van der Waals surface area contributed by atoms with E-state index in [1.807, 2.05) is 49.0 Å². The highest BCUT2D eigenvalue weighted by atomic mass is 16.5. The molecule has 0 amide bonds. The van der Waals surface area contributed by atoms with Crippen LogP contribution in [0.4, 0.5) is 5.69 Å². The summed E-state index contributed by atoms with van der Waals surface area (Å²) in [6, 6.07) is 7.64. The number of hydrogen-bond acceptors (Lipinski definition) is 4. The SMILES string of the molecule is CC(C)Oc1cncc(-n2ncc3ccc(N)cc32)c1. The first-order valence-corrected chi connectivity index (χ1v) is 6.49. The predicted octanol–water partition coefficient (Wildman–Crippen LogP) is 2.79. The van der Waals surface area contributed by atoms with Crippen LogP contribution in [0.1, 0.15) is 13.8 Å². The molecule has 102 valence electrons. The van der Waals surface area contributed by atoms with E-state index < -0.39 is 0 Å². The summed E-state index contributed by atoms with van der Waals surface area (Å²) in [5, 5.41) is 5.43. The standard InChI is InChI=1S/C15H16N4O/c1-10(2)20-14-6-13(8-17-9-14)19-15-5-12(16)4-3-11(15)7-18-19/h3-10H,16H2,1-2H3. The number of nitrogens with two attached hydrogens (primary N) is 1. The van der Waals surface area contributed by atoms with E-state index in [0.717, 1.165) is 22.3 Å². The molecule has 0 atom stereocenters. The Morgan fingerprint density at radius 1 is 1.15 bits per heavy atom. The third-order valence-electron chi connectivity index (χ3n) is 2.91. The van der Waals surface area contributed by atoms with Crippen molar-refractivity contribution in [3.63, 3.8) is 0 Å². The average Bonchev–Trinajstić information content (AvgIpc) is 2.81. The summed E-state index contributed by atoms with van der Waals surface area (Å²) in [5.74, 6) is 0.727. The molecule has 0 radical (unpaired) electrons. The first-order chi connectivity index (χ1) is 9.63. The highest BCUT2D eigenvalue weighted by molar-refractivity contribution is 5.83. The van der Waals surface area contributed by atoms with Gasteiger partial charge < -0.3 is 10.5 Å². The monoisotopic (exact) mass is 268 g/mol. The highest BCUT2D eigenvalue weighted by Crippen LogP contribution is 2.22. The largest absolute Gasteiger partial charge is 0.489 e. The van der Waals surface area contributed by atoms with E-state index in [2.05, 4.69) is 10.1 Å². The van der Waals surface area contributed by atoms with E-state index in [1.54, 1.807) is 12.4 Å². The molecule has 0 fully saturated rings. The average molecular weight is 268 g/mol. The number of nitrogen functional groups attached to an aromatic ring is 1. The molecule has 3 aromatic rings. The second-order valence-corrected chi connectivity index (χ2v) is 4.92. The van der Waals surface area contributed by atoms with E-state index in [-0.39, 0.29) is 6.10 Å². The van der Waals surface area contributed by atoms with Crippen molar-refractivity contribution in [1.29, 1.82) is 0 Å². The van der Waals surface area contributed by atoms with Gasteiger partial charge in [-0.1, -0.05) is 0 Å². The molecule has 3 rings (SSSR count). The third kappa shape index (κ3) is 2.30. The number of hydrogen-bond donors (Lipinski definition) is 1. The maximum absolute atomic E-state index is 5.84. The zero-order valence-corrected chi connectivity index (χ0v) is 11.4. The number of anilines is 1. The molecule has 2 N–H and O–H groups in total. The minimum Gasteiger partial charge on any atom is -0.489 e. The second-order valence-electron chi connectivity index (χ2n) is 4.92. The molecule has 0 aliphatic heterocycles. The van der Waals surface area contributed by atoms with Crippen molar-refractivity contribution < 1.29 is 4.74 Å². The number of aromatic nitrogens is 3. The summed E-state index contributed by atoms with van der Waals surface area (Å²) in [7, 11) is 0. The van der Waals surface area contributed by atoms with Crippen molar-refractivity contribution in [1.82, 2.24) is 14.8 Å². The molecule has 2 heterocycles. The maximum atomic E-state index is 5.84. The minimum absolute atomic E-state index is 0.108. The molecule has 20 heavy (non-hydrogen) atoms. The van der Waals surface area contributed by atoms with E-state index in [9.17, 15) is 0 Å². The van der Waals surface area contributed by atoms with Crippen molar-refractivity contribution in [3.05, 3.63) is 42.9 Å². The molecule has 0 saturated carbocycles. The molecule has 0 unspecified atom stereocenters. The fourth-order valence-electron chi connectivity index (χ4n) is 2.10. The lowest BCUT2D eigenvalue weighted by Gasteiger charge is -2.10. The van der Waals surface area contributed by atoms with Gasteiger partial charge in [0.2, 0.25) is 0 Å². The number of benzene rings is 1. The van der Waals surface area contributed by atoms with Crippen LogP contribution in [0, 0.1) is 0 Å². The number of pyridine rings is 1. The summed E-state index contributed by atoms with van der Waals surface area (Å²) in [6.45, 7) is 3.97. The van der Waals surface area contributed by atoms with Crippen molar-refractivity contribution in [3.8, 4) is 11.4 Å². The first-order valence-electron chi connectivity index (χ1n) is 6.49. The molecule has 5 heteroatoms. The Labute approximate surface area is 117 Å². The minimum atomic E-state index is 0.108. The zero-order valence-electron chi connectivity index (χ0n) is 11.4. The Morgan fingerprint density at radius 2 is 2.00 bits per heavy atom. The van der Waals surface area contributed by atoms with E-state index >= 15 is 0 Å². The van der Waals surface area contributed by atoms with Crippen LogP contribution >= 0.6 is 0 Å². The molecular weight excluding hydrogens is 252 g/mol. The summed E-state index contributed by atoms with van der Waals surface area (Å²) in [6.07, 6.45) is 5.37. The van der Waals surface area contributed by atoms with Crippen molar-refractivity contribution in [2.75, 3.05) is 5.73 Å². The van der Waals surface area contributed by atoms with Gasteiger partial charge in [-0.3, -0.25) is 4.98 Å². The van der Waals surface area contributed by atoms with Gasteiger partial charge in [-0.25, -0.2) is 4.68 Å². The Kier molecular flexibility index (Phi) is 3.02. The van der Waals surface area contributed by atoms with Gasteiger partial charge in [-0.05, 0) is 32.0 Å². The Bertz CT molecular complexity index is 748. The smallest absolute Gasteiger partial charge is 0.140 e. The Balaban J connectivity index is 2.08. The topological polar surface area (TPSA) is 66.0 Å². The van der Waals surface area contributed by atoms with Gasteiger partial charge in [0.05, 0.1) is 35.9 Å². The number of nitrogens with zero attached hydrogens (tertiary/aromatic N) is 3. The van der Waals surface area contributed by atoms with Crippen molar-refractivity contribution in [2.24, 2.45) is 0 Å². The van der Waals surface area contributed by atoms with Crippen LogP contribution < -0.4 is 10.5 Å². The van der Waals surface area contributed by atoms with Crippen LogP contribution in [0.3, 0.4) is 0 Å². The van der Waals surface area contributed by atoms with E-state index in [4.69, 9.17) is 10.5 Å². The van der Waals surface area contributed by atoms with Gasteiger partial charge in [0.1, 0.15) is 5.75 Å². The normalized spacial score (nSPS) is 11.2. The second kappa shape index (κ2) is 4.85. The third-order valence-corrected chi connectivity index (χ3v) is 2.91. The highest BCUT2D eigenvalue weighted by Gasteiger charge is 2.07. The fourth-order valence-corrected chi connectivity index (χ4v) is 2.10. The molecule has 1 aromatic carbocycles. The molecule has 2 aromatic heterocycles. The molecular formula is C15H16N4O. The van der Waals surface area contributed by atoms with Crippen LogP contribution in [0.2, 0.25) is 0 Å². The number of rotatable bonds is 3. The van der Waals surface area contributed by atoms with Crippen LogP contribution in [0.5, 0.6) is 5.75 Å². The van der Waals surface area contributed by atoms with Gasteiger partial charge in [-0.2, -0.15) is 5.10 Å². The van der Waals surface area contributed by atoms with Crippen LogP contribution in [-0.2, 0) is 0 Å². The van der Waals surface area contributed by atoms with Crippen molar-refractivity contribution >= 4 is 16.6 Å². The molecule has 0 saturated heterocycles. The van der Waals surface area contributed by atoms with Gasteiger partial charge >= 0.3 is 0 Å². The summed E-state index contributed by atoms with van der Waals surface area (Å²) in [5.41, 5.74) is 8.36. The molecule has 0 aliphatic rings. The lowest BCUT2D eigenvalue weighted by Crippen LogP contribution is -2.06. The van der Waals surface area contributed by atoms with Gasteiger partial charge in [-0.15, -0.1) is 0 Å². The summed E-state index contributed by atoms with van der Waals surface area (Å²) < 4.78 is 7.47. The first kappa shape index (κ1) is 12.5.